The molecular formula is C19H21NO4S. The number of methoxy groups -OCH3 is 1. The van der Waals surface area contributed by atoms with Gasteiger partial charge in [-0.15, -0.1) is 11.8 Å². The van der Waals surface area contributed by atoms with Crippen LogP contribution in [0.4, 0.5) is 0 Å². The van der Waals surface area contributed by atoms with Crippen molar-refractivity contribution in [3.05, 3.63) is 53.6 Å². The lowest BCUT2D eigenvalue weighted by molar-refractivity contribution is -0.132. The zero-order chi connectivity index (χ0) is 18.2. The van der Waals surface area contributed by atoms with E-state index in [0.717, 1.165) is 5.56 Å². The van der Waals surface area contributed by atoms with Gasteiger partial charge in [0.25, 0.3) is 5.91 Å². The summed E-state index contributed by atoms with van der Waals surface area (Å²) >= 11 is 1.68. The molecular weight excluding hydrogens is 338 g/mol. The van der Waals surface area contributed by atoms with Crippen LogP contribution in [0.3, 0.4) is 0 Å². The van der Waals surface area contributed by atoms with Crippen LogP contribution < -0.4 is 9.47 Å². The molecule has 2 rings (SSSR count). The van der Waals surface area contributed by atoms with Gasteiger partial charge in [0.2, 0.25) is 0 Å². The van der Waals surface area contributed by atoms with Crippen molar-refractivity contribution in [2.45, 2.75) is 11.4 Å². The summed E-state index contributed by atoms with van der Waals surface area (Å²) in [5, 5.41) is 0. The number of ether oxygens (including phenoxy) is 2. The predicted molar refractivity (Wildman–Crippen MR) is 98.6 cm³/mol. The molecule has 0 radical (unpaired) electrons. The number of hydrogen-bond acceptors (Lipinski definition) is 5. The number of rotatable bonds is 8. The van der Waals surface area contributed by atoms with E-state index in [9.17, 15) is 9.59 Å². The Morgan fingerprint density at radius 3 is 2.52 bits per heavy atom. The number of nitrogens with zero attached hydrogens (tertiary/aromatic N) is 1. The summed E-state index contributed by atoms with van der Waals surface area (Å²) in [5.41, 5.74) is 1.40. The van der Waals surface area contributed by atoms with Crippen molar-refractivity contribution in [1.29, 1.82) is 0 Å². The molecule has 6 heteroatoms. The standard InChI is InChI=1S/C19H21NO4S/c1-20(11-14-4-7-17(25-3)8-5-14)19(22)13-24-18-9-6-16(23-2)10-15(18)12-21/h4-10,12H,11,13H2,1-3H3. The molecule has 0 aromatic heterocycles. The van der Waals surface area contributed by atoms with Crippen LogP contribution in [0.15, 0.2) is 47.4 Å². The van der Waals surface area contributed by atoms with Gasteiger partial charge in [0.15, 0.2) is 12.9 Å². The molecule has 0 fully saturated rings. The minimum absolute atomic E-state index is 0.132. The SMILES string of the molecule is COc1ccc(OCC(=O)N(C)Cc2ccc(SC)cc2)c(C=O)c1. The topological polar surface area (TPSA) is 55.8 Å². The molecule has 1 amide bonds. The average molecular weight is 359 g/mol. The summed E-state index contributed by atoms with van der Waals surface area (Å²) < 4.78 is 10.6. The molecule has 132 valence electrons. The van der Waals surface area contributed by atoms with E-state index >= 15 is 0 Å². The summed E-state index contributed by atoms with van der Waals surface area (Å²) in [6, 6.07) is 12.9. The zero-order valence-corrected chi connectivity index (χ0v) is 15.3. The van der Waals surface area contributed by atoms with Crippen molar-refractivity contribution in [3.8, 4) is 11.5 Å². The molecule has 0 aliphatic heterocycles. The van der Waals surface area contributed by atoms with Crippen molar-refractivity contribution >= 4 is 24.0 Å². The second kappa shape index (κ2) is 9.13. The van der Waals surface area contributed by atoms with Crippen LogP contribution in [0.2, 0.25) is 0 Å². The fourth-order valence-corrected chi connectivity index (χ4v) is 2.63. The van der Waals surface area contributed by atoms with Gasteiger partial charge in [0.05, 0.1) is 12.7 Å². The lowest BCUT2D eigenvalue weighted by atomic mass is 10.2. The van der Waals surface area contributed by atoms with Crippen molar-refractivity contribution < 1.29 is 19.1 Å². The number of amides is 1. The molecule has 0 unspecified atom stereocenters. The van der Waals surface area contributed by atoms with Crippen molar-refractivity contribution in [2.75, 3.05) is 27.0 Å². The first-order valence-corrected chi connectivity index (χ1v) is 8.92. The first-order chi connectivity index (χ1) is 12.1. The number of carbonyl (C=O) groups is 2. The molecule has 0 atom stereocenters. The molecule has 0 spiro atoms. The van der Waals surface area contributed by atoms with E-state index in [1.165, 1.54) is 12.0 Å². The third kappa shape index (κ3) is 5.26. The van der Waals surface area contributed by atoms with Gasteiger partial charge in [-0.1, -0.05) is 12.1 Å². The Hall–Kier alpha value is -2.47. The van der Waals surface area contributed by atoms with E-state index in [0.29, 0.717) is 29.9 Å². The minimum atomic E-state index is -0.165. The zero-order valence-electron chi connectivity index (χ0n) is 14.5. The molecule has 2 aromatic rings. The number of carbonyl (C=O) groups excluding carboxylic acids is 2. The maximum absolute atomic E-state index is 12.3. The Morgan fingerprint density at radius 1 is 1.20 bits per heavy atom. The average Bonchev–Trinajstić information content (AvgIpc) is 2.66. The molecule has 2 aromatic carbocycles. The van der Waals surface area contributed by atoms with E-state index in [1.54, 1.807) is 41.9 Å². The predicted octanol–water partition coefficient (Wildman–Crippen LogP) is 3.27. The summed E-state index contributed by atoms with van der Waals surface area (Å²) in [7, 11) is 3.25. The smallest absolute Gasteiger partial charge is 0.260 e. The summed E-state index contributed by atoms with van der Waals surface area (Å²) in [6.07, 6.45) is 2.70. The molecule has 0 saturated heterocycles. The molecule has 0 N–H and O–H groups in total. The molecule has 0 saturated carbocycles. The molecule has 0 heterocycles. The van der Waals surface area contributed by atoms with Crippen LogP contribution in [0, 0.1) is 0 Å². The molecule has 0 bridgehead atoms. The number of aldehydes is 1. The molecule has 25 heavy (non-hydrogen) atoms. The number of benzene rings is 2. The summed E-state index contributed by atoms with van der Waals surface area (Å²) in [6.45, 7) is 0.368. The molecule has 5 nitrogen and oxygen atoms in total. The third-order valence-electron chi connectivity index (χ3n) is 3.70. The van der Waals surface area contributed by atoms with Crippen molar-refractivity contribution in [2.24, 2.45) is 0 Å². The van der Waals surface area contributed by atoms with E-state index < -0.39 is 0 Å². The lowest BCUT2D eigenvalue weighted by Gasteiger charge is -2.18. The maximum atomic E-state index is 12.3. The van der Waals surface area contributed by atoms with Crippen LogP contribution in [0.25, 0.3) is 0 Å². The highest BCUT2D eigenvalue weighted by Gasteiger charge is 2.12. The van der Waals surface area contributed by atoms with Crippen LogP contribution in [0.1, 0.15) is 15.9 Å². The highest BCUT2D eigenvalue weighted by molar-refractivity contribution is 7.98. The van der Waals surface area contributed by atoms with Crippen LogP contribution in [0.5, 0.6) is 11.5 Å². The fourth-order valence-electron chi connectivity index (χ4n) is 2.22. The molecule has 0 aliphatic rings. The second-order valence-electron chi connectivity index (χ2n) is 5.41. The quantitative estimate of drug-likeness (QED) is 0.535. The number of thioether (sulfide) groups is 1. The molecule has 0 aliphatic carbocycles. The largest absolute Gasteiger partial charge is 0.497 e. The highest BCUT2D eigenvalue weighted by atomic mass is 32.2. The van der Waals surface area contributed by atoms with Gasteiger partial charge in [0.1, 0.15) is 11.5 Å². The van der Waals surface area contributed by atoms with Crippen LogP contribution >= 0.6 is 11.8 Å². The Morgan fingerprint density at radius 2 is 1.92 bits per heavy atom. The Labute approximate surface area is 151 Å². The Kier molecular flexibility index (Phi) is 6.89. The van der Waals surface area contributed by atoms with Crippen LogP contribution in [-0.4, -0.2) is 44.1 Å². The van der Waals surface area contributed by atoms with Gasteiger partial charge in [-0.05, 0) is 42.2 Å². The first-order valence-electron chi connectivity index (χ1n) is 7.70. The Balaban J connectivity index is 1.93. The van der Waals surface area contributed by atoms with E-state index in [-0.39, 0.29) is 12.5 Å². The van der Waals surface area contributed by atoms with E-state index in [4.69, 9.17) is 9.47 Å². The summed E-state index contributed by atoms with van der Waals surface area (Å²) in [4.78, 5) is 26.2. The van der Waals surface area contributed by atoms with E-state index in [2.05, 4.69) is 0 Å². The minimum Gasteiger partial charge on any atom is -0.497 e. The van der Waals surface area contributed by atoms with Gasteiger partial charge < -0.3 is 14.4 Å². The van der Waals surface area contributed by atoms with Crippen LogP contribution in [-0.2, 0) is 11.3 Å². The van der Waals surface area contributed by atoms with Gasteiger partial charge in [-0.25, -0.2) is 0 Å². The van der Waals surface area contributed by atoms with Crippen molar-refractivity contribution in [1.82, 2.24) is 4.90 Å². The Bertz CT molecular complexity index is 731. The van der Waals surface area contributed by atoms with Gasteiger partial charge in [0, 0.05) is 18.5 Å². The fraction of sp³-hybridized carbons (Fsp3) is 0.263. The number of likely N-dealkylation sites (N-methyl/N-ethyl adjacent to an activating group) is 1. The van der Waals surface area contributed by atoms with E-state index in [1.807, 2.05) is 30.5 Å². The van der Waals surface area contributed by atoms with Gasteiger partial charge in [-0.2, -0.15) is 0 Å². The second-order valence-corrected chi connectivity index (χ2v) is 6.29. The monoisotopic (exact) mass is 359 g/mol. The van der Waals surface area contributed by atoms with Gasteiger partial charge >= 0.3 is 0 Å². The number of hydrogen-bond donors (Lipinski definition) is 0. The normalized spacial score (nSPS) is 10.2. The van der Waals surface area contributed by atoms with Crippen molar-refractivity contribution in [3.63, 3.8) is 0 Å². The lowest BCUT2D eigenvalue weighted by Crippen LogP contribution is -2.31. The summed E-state index contributed by atoms with van der Waals surface area (Å²) in [5.74, 6) is 0.759. The van der Waals surface area contributed by atoms with Gasteiger partial charge in [-0.3, -0.25) is 9.59 Å². The first kappa shape index (κ1) is 18.9. The third-order valence-corrected chi connectivity index (χ3v) is 4.44. The maximum Gasteiger partial charge on any atom is 0.260 e. The highest BCUT2D eigenvalue weighted by Crippen LogP contribution is 2.22.